The van der Waals surface area contributed by atoms with Crippen LogP contribution in [0.5, 0.6) is 0 Å². The van der Waals surface area contributed by atoms with Crippen molar-refractivity contribution in [2.75, 3.05) is 0 Å². The first-order chi connectivity index (χ1) is 1.91. The van der Waals surface area contributed by atoms with Crippen molar-refractivity contribution in [3.63, 3.8) is 0 Å². The van der Waals surface area contributed by atoms with E-state index in [0.29, 0.717) is 0 Å². The molecule has 0 bridgehead atoms. The molecule has 0 aromatic heterocycles. The Morgan fingerprint density at radius 2 is 1.20 bits per heavy atom. The Balaban J connectivity index is 0. The first-order valence-corrected chi connectivity index (χ1v) is 0.500. The van der Waals surface area contributed by atoms with Gasteiger partial charge in [-0.1, -0.05) is 0 Å². The molecule has 0 radical (unpaired) electrons. The van der Waals surface area contributed by atoms with Gasteiger partial charge < -0.3 is 20.6 Å². The third-order valence-corrected chi connectivity index (χ3v) is 0.0278. The monoisotopic (exact) mass is 178 g/mol. The van der Waals surface area contributed by atoms with Crippen LogP contribution in [0, 0.1) is 0 Å². The first-order valence-electron chi connectivity index (χ1n) is 0.500. The van der Waals surface area contributed by atoms with Gasteiger partial charge in [-0.05, 0) is 0 Å². The van der Waals surface area contributed by atoms with E-state index in [1.54, 1.807) is 0 Å². The summed E-state index contributed by atoms with van der Waals surface area (Å²) in [5.74, 6) is 0. The number of hydrogen-bond donors (Lipinski definition) is 0. The third-order valence-electron chi connectivity index (χ3n) is 0.0278. The molecule has 0 aliphatic carbocycles. The molecule has 0 unspecified atom stereocenters. The van der Waals surface area contributed by atoms with E-state index in [1.807, 2.05) is 0 Å². The van der Waals surface area contributed by atoms with Gasteiger partial charge in [-0.3, -0.25) is 0 Å². The van der Waals surface area contributed by atoms with Crippen molar-refractivity contribution in [2.45, 2.75) is 0 Å². The zero-order valence-corrected chi connectivity index (χ0v) is 6.38. The van der Waals surface area contributed by atoms with Gasteiger partial charge in [-0.15, -0.1) is 0 Å². The summed E-state index contributed by atoms with van der Waals surface area (Å²) in [7, 11) is 0. The van der Waals surface area contributed by atoms with Crippen LogP contribution in [-0.2, 0) is 37.4 Å². The molecular weight excluding hydrogens is 176 g/mol. The molecule has 5 heteroatoms. The van der Waals surface area contributed by atoms with Crippen molar-refractivity contribution < 1.29 is 47.9 Å². The predicted molar refractivity (Wildman–Crippen MR) is 2.17 cm³/mol. The molecular formula is CdO4. The van der Waals surface area contributed by atoms with E-state index in [-0.39, 0.29) is 27.3 Å². The summed E-state index contributed by atoms with van der Waals surface area (Å²) in [5.41, 5.74) is 0. The Morgan fingerprint density at radius 3 is 1.20 bits per heavy atom. The van der Waals surface area contributed by atoms with Crippen LogP contribution in [0.1, 0.15) is 0 Å². The Hall–Kier alpha value is 0.762. The van der Waals surface area contributed by atoms with Crippen LogP contribution in [0.4, 0.5) is 0 Å². The van der Waals surface area contributed by atoms with Gasteiger partial charge in [-0.25, -0.2) is 0 Å². The van der Waals surface area contributed by atoms with E-state index < -0.39 is 0 Å². The van der Waals surface area contributed by atoms with Gasteiger partial charge in [0.2, 0.25) is 0 Å². The quantitative estimate of drug-likeness (QED) is 0.251. The van der Waals surface area contributed by atoms with Gasteiger partial charge >= 0.3 is 27.3 Å². The predicted octanol–water partition coefficient (Wildman–Crippen LogP) is -2.52. The second kappa shape index (κ2) is 8.83. The van der Waals surface area contributed by atoms with Gasteiger partial charge in [0, 0.05) is 0 Å². The molecule has 0 aromatic rings. The zero-order chi connectivity index (χ0) is 3.41. The van der Waals surface area contributed by atoms with E-state index in [1.165, 1.54) is 0 Å². The zero-order valence-electron chi connectivity index (χ0n) is 2.34. The number of rotatable bonds is 1. The van der Waals surface area contributed by atoms with Crippen LogP contribution in [0.2, 0.25) is 0 Å². The fourth-order valence-electron chi connectivity index (χ4n) is 0. The molecule has 0 aromatic carbocycles. The first kappa shape index (κ1) is 9.23. The standard InChI is InChI=1S/Cd.H2O4/c;1-3-4-2/h;1-2H/q+2;/p-2. The summed E-state index contributed by atoms with van der Waals surface area (Å²) in [6.45, 7) is 0. The maximum Gasteiger partial charge on any atom is 2.00 e. The minimum atomic E-state index is 0. The largest absolute Gasteiger partial charge is 2.00 e. The maximum atomic E-state index is 8.26. The number of hydrogen-bond acceptors (Lipinski definition) is 4. The molecule has 0 saturated heterocycles. The van der Waals surface area contributed by atoms with E-state index in [4.69, 9.17) is 10.5 Å². The van der Waals surface area contributed by atoms with Gasteiger partial charge in [-0.2, -0.15) is 0 Å². The Bertz CT molecular complexity index is 5.61. The summed E-state index contributed by atoms with van der Waals surface area (Å²) >= 11 is 0. The van der Waals surface area contributed by atoms with Gasteiger partial charge in [0.05, 0.1) is 0 Å². The van der Waals surface area contributed by atoms with Crippen LogP contribution in [0.15, 0.2) is 0 Å². The van der Waals surface area contributed by atoms with Crippen LogP contribution in [-0.4, -0.2) is 0 Å². The molecule has 5 heavy (non-hydrogen) atoms. The molecule has 0 rings (SSSR count). The minimum absolute atomic E-state index is 0. The molecule has 0 atom stereocenters. The molecule has 0 amide bonds. The van der Waals surface area contributed by atoms with E-state index in [2.05, 4.69) is 10.1 Å². The fraction of sp³-hybridized carbons (Fsp3) is 0. The molecule has 0 fully saturated rings. The van der Waals surface area contributed by atoms with Gasteiger partial charge in [0.15, 0.2) is 0 Å². The van der Waals surface area contributed by atoms with Crippen molar-refractivity contribution in [1.29, 1.82) is 0 Å². The third kappa shape index (κ3) is 11.7. The Kier molecular flexibility index (Phi) is 16.3. The normalized spacial score (nSPS) is 6.00. The summed E-state index contributed by atoms with van der Waals surface area (Å²) in [5, 5.41) is 21.0. The van der Waals surface area contributed by atoms with Crippen molar-refractivity contribution in [3.05, 3.63) is 0 Å². The van der Waals surface area contributed by atoms with Crippen LogP contribution >= 0.6 is 0 Å². The molecule has 0 aliphatic heterocycles. The smallest absolute Gasteiger partial charge is 0.693 e. The molecule has 0 N–H and O–H groups in total. The molecule has 0 spiro atoms. The fourth-order valence-corrected chi connectivity index (χ4v) is 0. The summed E-state index contributed by atoms with van der Waals surface area (Å²) in [4.78, 5) is 0. The summed E-state index contributed by atoms with van der Waals surface area (Å²) in [6.07, 6.45) is 0. The molecule has 0 heterocycles. The van der Waals surface area contributed by atoms with Crippen molar-refractivity contribution in [1.82, 2.24) is 0 Å². The second-order valence-corrected chi connectivity index (χ2v) is 0.136. The van der Waals surface area contributed by atoms with Gasteiger partial charge in [0.25, 0.3) is 0 Å². The maximum absolute atomic E-state index is 8.26. The molecule has 0 aliphatic rings. The topological polar surface area (TPSA) is 64.6 Å². The van der Waals surface area contributed by atoms with Crippen LogP contribution in [0.25, 0.3) is 0 Å². The van der Waals surface area contributed by atoms with Crippen molar-refractivity contribution >= 4 is 0 Å². The van der Waals surface area contributed by atoms with E-state index in [0.717, 1.165) is 0 Å². The van der Waals surface area contributed by atoms with Gasteiger partial charge in [0.1, 0.15) is 0 Å². The average molecular weight is 176 g/mol. The Morgan fingerprint density at radius 1 is 1.00 bits per heavy atom. The molecule has 26 valence electrons. The molecule has 0 saturated carbocycles. The van der Waals surface area contributed by atoms with Crippen molar-refractivity contribution in [3.8, 4) is 0 Å². The van der Waals surface area contributed by atoms with E-state index >= 15 is 0 Å². The summed E-state index contributed by atoms with van der Waals surface area (Å²) < 4.78 is 0. The Labute approximate surface area is 48.3 Å². The van der Waals surface area contributed by atoms with Crippen molar-refractivity contribution in [2.24, 2.45) is 0 Å². The second-order valence-electron chi connectivity index (χ2n) is 0.136. The average Bonchev–Trinajstić information content (AvgIpc) is 1.37. The van der Waals surface area contributed by atoms with Crippen LogP contribution in [0.3, 0.4) is 0 Å². The molecule has 4 nitrogen and oxygen atoms in total. The summed E-state index contributed by atoms with van der Waals surface area (Å²) in [6, 6.07) is 0. The minimum Gasteiger partial charge on any atom is -0.693 e. The SMILES string of the molecule is [Cd+2].[O-]OO[O-]. The van der Waals surface area contributed by atoms with Crippen LogP contribution < -0.4 is 10.5 Å². The van der Waals surface area contributed by atoms with E-state index in [9.17, 15) is 0 Å².